The lowest BCUT2D eigenvalue weighted by molar-refractivity contribution is -0.115. The van der Waals surface area contributed by atoms with Crippen molar-refractivity contribution in [3.05, 3.63) is 66.0 Å². The number of anilines is 1. The molecule has 0 radical (unpaired) electrons. The number of aromatic nitrogens is 3. The van der Waals surface area contributed by atoms with Gasteiger partial charge in [0.1, 0.15) is 5.82 Å². The normalized spacial score (nSPS) is 15.7. The van der Waals surface area contributed by atoms with E-state index in [1.807, 2.05) is 56.3 Å². The number of benzene rings is 2. The van der Waals surface area contributed by atoms with Crippen LogP contribution in [0.15, 0.2) is 59.8 Å². The zero-order valence-corrected chi connectivity index (χ0v) is 18.4. The minimum atomic E-state index is -0.294. The first-order valence-electron chi connectivity index (χ1n) is 10.7. The van der Waals surface area contributed by atoms with Crippen LogP contribution in [0.1, 0.15) is 56.3 Å². The highest BCUT2D eigenvalue weighted by Gasteiger charge is 2.26. The number of para-hydroxylation sites is 1. The van der Waals surface area contributed by atoms with Gasteiger partial charge in [-0.15, -0.1) is 10.2 Å². The number of carbonyl (C=O) groups is 1. The Morgan fingerprint density at radius 3 is 2.43 bits per heavy atom. The van der Waals surface area contributed by atoms with E-state index >= 15 is 0 Å². The molecule has 4 rings (SSSR count). The van der Waals surface area contributed by atoms with E-state index in [1.54, 1.807) is 0 Å². The Balaban J connectivity index is 1.56. The van der Waals surface area contributed by atoms with Crippen LogP contribution in [-0.4, -0.2) is 25.9 Å². The van der Waals surface area contributed by atoms with Crippen molar-refractivity contribution >= 4 is 23.4 Å². The minimum Gasteiger partial charge on any atom is -0.325 e. The molecule has 0 bridgehead atoms. The third-order valence-electron chi connectivity index (χ3n) is 5.61. The summed E-state index contributed by atoms with van der Waals surface area (Å²) in [5.74, 6) is 1.41. The number of nitrogens with one attached hydrogen (secondary N) is 1. The van der Waals surface area contributed by atoms with E-state index in [9.17, 15) is 4.79 Å². The average Bonchev–Trinajstić information content (AvgIpc) is 3.20. The van der Waals surface area contributed by atoms with Crippen LogP contribution in [0.2, 0.25) is 0 Å². The molecule has 1 aliphatic carbocycles. The molecule has 156 valence electrons. The summed E-state index contributed by atoms with van der Waals surface area (Å²) in [4.78, 5) is 12.8. The van der Waals surface area contributed by atoms with Gasteiger partial charge in [-0.05, 0) is 51.0 Å². The summed E-state index contributed by atoms with van der Waals surface area (Å²) in [6.45, 7) is 3.95. The molecule has 0 spiro atoms. The zero-order valence-electron chi connectivity index (χ0n) is 17.5. The number of carbonyl (C=O) groups excluding carboxylic acids is 1. The number of rotatable bonds is 6. The summed E-state index contributed by atoms with van der Waals surface area (Å²) in [6.07, 6.45) is 6.08. The Hall–Kier alpha value is -2.60. The highest BCUT2D eigenvalue weighted by Crippen LogP contribution is 2.35. The Kier molecular flexibility index (Phi) is 6.53. The standard InChI is InChI=1S/C24H28N4OS/c1-17-13-15-20(16-14-17)25-23(29)18(2)30-24-27-26-22(19-9-5-3-6-10-19)28(24)21-11-7-4-8-12-21/h4,7-8,11-16,18-19H,3,5-6,9-10H2,1-2H3,(H,25,29)/t18-/m1/s1. The number of hydrogen-bond donors (Lipinski definition) is 1. The maximum atomic E-state index is 12.8. The molecule has 5 nitrogen and oxygen atoms in total. The quantitative estimate of drug-likeness (QED) is 0.516. The van der Waals surface area contributed by atoms with Gasteiger partial charge in [-0.3, -0.25) is 9.36 Å². The van der Waals surface area contributed by atoms with E-state index in [2.05, 4.69) is 32.2 Å². The van der Waals surface area contributed by atoms with Gasteiger partial charge in [-0.2, -0.15) is 0 Å². The first kappa shape index (κ1) is 20.7. The molecule has 1 amide bonds. The highest BCUT2D eigenvalue weighted by atomic mass is 32.2. The van der Waals surface area contributed by atoms with Gasteiger partial charge < -0.3 is 5.32 Å². The Morgan fingerprint density at radius 1 is 1.03 bits per heavy atom. The lowest BCUT2D eigenvalue weighted by Gasteiger charge is -2.22. The van der Waals surface area contributed by atoms with Gasteiger partial charge in [0.2, 0.25) is 5.91 Å². The fourth-order valence-electron chi connectivity index (χ4n) is 3.89. The van der Waals surface area contributed by atoms with Gasteiger partial charge in [0.05, 0.1) is 5.25 Å². The van der Waals surface area contributed by atoms with Crippen molar-refractivity contribution in [2.45, 2.75) is 62.3 Å². The van der Waals surface area contributed by atoms with Crippen molar-refractivity contribution in [2.24, 2.45) is 0 Å². The summed E-state index contributed by atoms with van der Waals surface area (Å²) >= 11 is 1.46. The number of thioether (sulfide) groups is 1. The van der Waals surface area contributed by atoms with Crippen LogP contribution in [0.3, 0.4) is 0 Å². The van der Waals surface area contributed by atoms with Crippen LogP contribution in [0, 0.1) is 6.92 Å². The SMILES string of the molecule is Cc1ccc(NC(=O)[C@@H](C)Sc2nnc(C3CCCCC3)n2-c2ccccc2)cc1. The molecule has 1 fully saturated rings. The third kappa shape index (κ3) is 4.75. The molecule has 3 aromatic rings. The van der Waals surface area contributed by atoms with Crippen molar-refractivity contribution < 1.29 is 4.79 Å². The Labute approximate surface area is 182 Å². The van der Waals surface area contributed by atoms with Crippen molar-refractivity contribution in [2.75, 3.05) is 5.32 Å². The number of nitrogens with zero attached hydrogens (tertiary/aromatic N) is 3. The molecule has 0 unspecified atom stereocenters. The molecule has 1 saturated carbocycles. The molecule has 0 aliphatic heterocycles. The molecule has 6 heteroatoms. The molecule has 1 heterocycles. The maximum absolute atomic E-state index is 12.8. The molecular weight excluding hydrogens is 392 g/mol. The van der Waals surface area contributed by atoms with Gasteiger partial charge >= 0.3 is 0 Å². The second kappa shape index (κ2) is 9.47. The van der Waals surface area contributed by atoms with Crippen molar-refractivity contribution in [3.63, 3.8) is 0 Å². The average molecular weight is 421 g/mol. The fourth-order valence-corrected chi connectivity index (χ4v) is 4.77. The van der Waals surface area contributed by atoms with Crippen molar-refractivity contribution in [1.29, 1.82) is 0 Å². The molecule has 1 atom stereocenters. The van der Waals surface area contributed by atoms with Crippen LogP contribution < -0.4 is 5.32 Å². The number of amides is 1. The predicted molar refractivity (Wildman–Crippen MR) is 122 cm³/mol. The summed E-state index contributed by atoms with van der Waals surface area (Å²) in [5.41, 5.74) is 3.03. The molecular formula is C24H28N4OS. The van der Waals surface area contributed by atoms with Crippen LogP contribution in [0.5, 0.6) is 0 Å². The molecule has 30 heavy (non-hydrogen) atoms. The lowest BCUT2D eigenvalue weighted by atomic mass is 9.88. The third-order valence-corrected chi connectivity index (χ3v) is 6.66. The first-order chi connectivity index (χ1) is 14.6. The monoisotopic (exact) mass is 420 g/mol. The molecule has 2 aromatic carbocycles. The van der Waals surface area contributed by atoms with Gasteiger partial charge in [0.25, 0.3) is 0 Å². The van der Waals surface area contributed by atoms with E-state index in [0.29, 0.717) is 5.92 Å². The molecule has 1 aliphatic rings. The molecule has 1 N–H and O–H groups in total. The van der Waals surface area contributed by atoms with E-state index in [1.165, 1.54) is 36.6 Å². The van der Waals surface area contributed by atoms with E-state index in [4.69, 9.17) is 0 Å². The first-order valence-corrected chi connectivity index (χ1v) is 11.5. The second-order valence-corrected chi connectivity index (χ2v) is 9.27. The van der Waals surface area contributed by atoms with Crippen LogP contribution in [0.4, 0.5) is 5.69 Å². The largest absolute Gasteiger partial charge is 0.325 e. The summed E-state index contributed by atoms with van der Waals surface area (Å²) < 4.78 is 2.15. The summed E-state index contributed by atoms with van der Waals surface area (Å²) in [5, 5.41) is 12.6. The Morgan fingerprint density at radius 2 is 1.73 bits per heavy atom. The van der Waals surface area contributed by atoms with Crippen LogP contribution in [-0.2, 0) is 4.79 Å². The molecule has 0 saturated heterocycles. The summed E-state index contributed by atoms with van der Waals surface area (Å²) in [6, 6.07) is 18.1. The number of aryl methyl sites for hydroxylation is 1. The minimum absolute atomic E-state index is 0.0364. The molecule has 1 aromatic heterocycles. The summed E-state index contributed by atoms with van der Waals surface area (Å²) in [7, 11) is 0. The van der Waals surface area contributed by atoms with E-state index in [0.717, 1.165) is 35.2 Å². The maximum Gasteiger partial charge on any atom is 0.237 e. The topological polar surface area (TPSA) is 59.8 Å². The zero-order chi connectivity index (χ0) is 20.9. The lowest BCUT2D eigenvalue weighted by Crippen LogP contribution is -2.23. The van der Waals surface area contributed by atoms with Crippen LogP contribution in [0.25, 0.3) is 5.69 Å². The highest BCUT2D eigenvalue weighted by molar-refractivity contribution is 8.00. The van der Waals surface area contributed by atoms with Gasteiger partial charge in [0, 0.05) is 17.3 Å². The number of hydrogen-bond acceptors (Lipinski definition) is 4. The van der Waals surface area contributed by atoms with Crippen molar-refractivity contribution in [1.82, 2.24) is 14.8 Å². The van der Waals surface area contributed by atoms with Gasteiger partial charge in [-0.25, -0.2) is 0 Å². The van der Waals surface area contributed by atoms with Gasteiger partial charge in [0.15, 0.2) is 5.16 Å². The Bertz CT molecular complexity index is 978. The smallest absolute Gasteiger partial charge is 0.237 e. The second-order valence-electron chi connectivity index (χ2n) is 7.96. The van der Waals surface area contributed by atoms with Gasteiger partial charge in [-0.1, -0.05) is 66.9 Å². The predicted octanol–water partition coefficient (Wildman–Crippen LogP) is 5.74. The van der Waals surface area contributed by atoms with Crippen molar-refractivity contribution in [3.8, 4) is 5.69 Å². The fraction of sp³-hybridized carbons (Fsp3) is 0.375. The van der Waals surface area contributed by atoms with E-state index in [-0.39, 0.29) is 11.2 Å². The van der Waals surface area contributed by atoms with Crippen LogP contribution >= 0.6 is 11.8 Å². The van der Waals surface area contributed by atoms with E-state index < -0.39 is 0 Å².